The van der Waals surface area contributed by atoms with Gasteiger partial charge in [0.15, 0.2) is 0 Å². The van der Waals surface area contributed by atoms with Crippen molar-refractivity contribution < 1.29 is 4.79 Å². The first-order chi connectivity index (χ1) is 9.63. The highest BCUT2D eigenvalue weighted by Gasteiger charge is 2.19. The lowest BCUT2D eigenvalue weighted by Crippen LogP contribution is -2.21. The van der Waals surface area contributed by atoms with Gasteiger partial charge in [0.05, 0.1) is 16.9 Å². The predicted molar refractivity (Wildman–Crippen MR) is 79.1 cm³/mol. The Morgan fingerprint density at radius 1 is 1.45 bits per heavy atom. The summed E-state index contributed by atoms with van der Waals surface area (Å²) in [6.45, 7) is 1.93. The van der Waals surface area contributed by atoms with E-state index in [4.69, 9.17) is 11.6 Å². The molecule has 1 N–H and O–H groups in total. The molecular weight excluding hydrogens is 276 g/mol. The summed E-state index contributed by atoms with van der Waals surface area (Å²) in [6.07, 6.45) is 2.25. The Morgan fingerprint density at radius 3 is 2.75 bits per heavy atom. The topological polar surface area (TPSA) is 59.3 Å². The number of benzene rings is 1. The lowest BCUT2D eigenvalue weighted by atomic mass is 10.2. The van der Waals surface area contributed by atoms with Gasteiger partial charge in [0, 0.05) is 7.05 Å². The molecule has 0 fully saturated rings. The molecule has 0 saturated carbocycles. The van der Waals surface area contributed by atoms with E-state index in [0.717, 1.165) is 5.56 Å². The Balaban J connectivity index is 2.10. The van der Waals surface area contributed by atoms with Crippen LogP contribution < -0.4 is 5.43 Å². The summed E-state index contributed by atoms with van der Waals surface area (Å²) in [4.78, 5) is 12.0. The molecule has 5 nitrogen and oxygen atoms in total. The van der Waals surface area contributed by atoms with E-state index in [1.165, 1.54) is 4.68 Å². The van der Waals surface area contributed by atoms with E-state index in [2.05, 4.69) is 15.6 Å². The molecule has 0 radical (unpaired) electrons. The first-order valence-electron chi connectivity index (χ1n) is 6.23. The number of hydrogen-bond acceptors (Lipinski definition) is 3. The number of carbonyl (C=O) groups is 1. The molecule has 0 aliphatic carbocycles. The predicted octanol–water partition coefficient (Wildman–Crippen LogP) is 2.40. The Hall–Kier alpha value is -2.14. The smallest absolute Gasteiger partial charge is 0.266 e. The second kappa shape index (κ2) is 6.34. The molecule has 1 aromatic carbocycles. The van der Waals surface area contributed by atoms with Gasteiger partial charge in [0.2, 0.25) is 0 Å². The third-order valence-electron chi connectivity index (χ3n) is 2.78. The van der Waals surface area contributed by atoms with Crippen molar-refractivity contribution in [3.05, 3.63) is 52.3 Å². The third-order valence-corrected chi connectivity index (χ3v) is 3.18. The molecule has 104 valence electrons. The molecule has 6 heteroatoms. The highest BCUT2D eigenvalue weighted by Crippen LogP contribution is 2.20. The largest absolute Gasteiger partial charge is 0.291 e. The van der Waals surface area contributed by atoms with Crippen molar-refractivity contribution >= 4 is 23.7 Å². The number of halogens is 1. The Labute approximate surface area is 122 Å². The van der Waals surface area contributed by atoms with Gasteiger partial charge in [-0.2, -0.15) is 10.2 Å². The van der Waals surface area contributed by atoms with E-state index in [1.54, 1.807) is 13.3 Å². The van der Waals surface area contributed by atoms with Gasteiger partial charge < -0.3 is 0 Å². The molecule has 0 spiro atoms. The second-order valence-corrected chi connectivity index (χ2v) is 4.57. The highest BCUT2D eigenvalue weighted by atomic mass is 35.5. The number of hydrazone groups is 1. The molecular formula is C14H15ClN4O. The zero-order valence-corrected chi connectivity index (χ0v) is 12.1. The molecule has 2 aromatic rings. The summed E-state index contributed by atoms with van der Waals surface area (Å²) < 4.78 is 1.47. The van der Waals surface area contributed by atoms with Crippen LogP contribution in [-0.2, 0) is 13.5 Å². The number of nitrogens with zero attached hydrogens (tertiary/aromatic N) is 3. The minimum Gasteiger partial charge on any atom is -0.266 e. The maximum Gasteiger partial charge on any atom is 0.291 e. The average molecular weight is 291 g/mol. The lowest BCUT2D eigenvalue weighted by Gasteiger charge is -2.00. The minimum atomic E-state index is -0.378. The molecule has 0 bridgehead atoms. The van der Waals surface area contributed by atoms with Crippen LogP contribution in [0.25, 0.3) is 0 Å². The van der Waals surface area contributed by atoms with E-state index in [-0.39, 0.29) is 5.91 Å². The zero-order valence-electron chi connectivity index (χ0n) is 11.3. The number of carbonyl (C=O) groups excluding carboxylic acids is 1. The highest BCUT2D eigenvalue weighted by molar-refractivity contribution is 6.34. The van der Waals surface area contributed by atoms with Gasteiger partial charge in [-0.3, -0.25) is 9.48 Å². The second-order valence-electron chi connectivity index (χ2n) is 4.20. The number of aryl methyl sites for hydroxylation is 2. The normalized spacial score (nSPS) is 10.9. The minimum absolute atomic E-state index is 0.314. The number of amides is 1. The van der Waals surface area contributed by atoms with Gasteiger partial charge in [0.25, 0.3) is 5.91 Å². The van der Waals surface area contributed by atoms with Crippen molar-refractivity contribution in [3.8, 4) is 0 Å². The molecule has 1 amide bonds. The molecule has 0 atom stereocenters. The average Bonchev–Trinajstić information content (AvgIpc) is 2.74. The summed E-state index contributed by atoms with van der Waals surface area (Å²) in [5.74, 6) is -0.378. The van der Waals surface area contributed by atoms with Crippen molar-refractivity contribution in [2.75, 3.05) is 0 Å². The molecule has 1 aromatic heterocycles. The van der Waals surface area contributed by atoms with E-state index in [1.807, 2.05) is 37.3 Å². The fourth-order valence-corrected chi connectivity index (χ4v) is 2.16. The van der Waals surface area contributed by atoms with Crippen LogP contribution >= 0.6 is 11.6 Å². The Bertz CT molecular complexity index is 634. The summed E-state index contributed by atoms with van der Waals surface area (Å²) in [5, 5.41) is 8.48. The molecule has 0 aliphatic heterocycles. The standard InChI is InChI=1S/C14H15ClN4O/c1-3-11-12(15)13(19(2)18-11)14(20)17-16-9-10-7-5-4-6-8-10/h4-9H,3H2,1-2H3,(H,17,20). The van der Waals surface area contributed by atoms with Crippen LogP contribution in [0.1, 0.15) is 28.7 Å². The van der Waals surface area contributed by atoms with Gasteiger partial charge in [-0.05, 0) is 12.0 Å². The molecule has 0 unspecified atom stereocenters. The van der Waals surface area contributed by atoms with Crippen LogP contribution in [0.4, 0.5) is 0 Å². The summed E-state index contributed by atoms with van der Waals surface area (Å²) in [7, 11) is 1.68. The van der Waals surface area contributed by atoms with Crippen molar-refractivity contribution in [1.82, 2.24) is 15.2 Å². The van der Waals surface area contributed by atoms with Crippen molar-refractivity contribution in [2.45, 2.75) is 13.3 Å². The number of nitrogens with one attached hydrogen (secondary N) is 1. The molecule has 2 rings (SSSR count). The first-order valence-corrected chi connectivity index (χ1v) is 6.61. The van der Waals surface area contributed by atoms with Gasteiger partial charge in [-0.1, -0.05) is 48.9 Å². The van der Waals surface area contributed by atoms with Gasteiger partial charge in [0.1, 0.15) is 5.69 Å². The van der Waals surface area contributed by atoms with Crippen LogP contribution in [0.15, 0.2) is 35.4 Å². The van der Waals surface area contributed by atoms with Crippen LogP contribution in [0.2, 0.25) is 5.02 Å². The zero-order chi connectivity index (χ0) is 14.5. The van der Waals surface area contributed by atoms with Crippen LogP contribution in [0.5, 0.6) is 0 Å². The molecule has 0 saturated heterocycles. The van der Waals surface area contributed by atoms with Gasteiger partial charge >= 0.3 is 0 Å². The third kappa shape index (κ3) is 3.05. The molecule has 20 heavy (non-hydrogen) atoms. The summed E-state index contributed by atoms with van der Waals surface area (Å²) in [5.41, 5.74) is 4.37. The van der Waals surface area contributed by atoms with Crippen molar-refractivity contribution in [2.24, 2.45) is 12.1 Å². The van der Waals surface area contributed by atoms with E-state index in [9.17, 15) is 4.79 Å². The fourth-order valence-electron chi connectivity index (χ4n) is 1.78. The van der Waals surface area contributed by atoms with Crippen molar-refractivity contribution in [1.29, 1.82) is 0 Å². The van der Waals surface area contributed by atoms with Crippen molar-refractivity contribution in [3.63, 3.8) is 0 Å². The SMILES string of the molecule is CCc1nn(C)c(C(=O)NN=Cc2ccccc2)c1Cl. The van der Waals surface area contributed by atoms with Crippen LogP contribution in [0.3, 0.4) is 0 Å². The van der Waals surface area contributed by atoms with Gasteiger partial charge in [-0.25, -0.2) is 5.43 Å². The summed E-state index contributed by atoms with van der Waals surface area (Å²) >= 11 is 6.12. The Morgan fingerprint density at radius 2 is 2.15 bits per heavy atom. The maximum absolute atomic E-state index is 12.0. The number of aromatic nitrogens is 2. The fraction of sp³-hybridized carbons (Fsp3) is 0.214. The molecule has 0 aliphatic rings. The number of hydrogen-bond donors (Lipinski definition) is 1. The molecule has 1 heterocycles. The van der Waals surface area contributed by atoms with Gasteiger partial charge in [-0.15, -0.1) is 0 Å². The van der Waals surface area contributed by atoms with E-state index in [0.29, 0.717) is 22.8 Å². The maximum atomic E-state index is 12.0. The number of rotatable bonds is 4. The van der Waals surface area contributed by atoms with Crippen LogP contribution in [-0.4, -0.2) is 21.9 Å². The summed E-state index contributed by atoms with van der Waals surface area (Å²) in [6, 6.07) is 9.49. The Kier molecular flexibility index (Phi) is 4.53. The first kappa shape index (κ1) is 14.3. The van der Waals surface area contributed by atoms with E-state index >= 15 is 0 Å². The van der Waals surface area contributed by atoms with E-state index < -0.39 is 0 Å². The quantitative estimate of drug-likeness (QED) is 0.694. The monoisotopic (exact) mass is 290 g/mol. The lowest BCUT2D eigenvalue weighted by molar-refractivity contribution is 0.0946. The van der Waals surface area contributed by atoms with Crippen LogP contribution in [0, 0.1) is 0 Å².